The lowest BCUT2D eigenvalue weighted by molar-refractivity contribution is -0.262. The van der Waals surface area contributed by atoms with Gasteiger partial charge >= 0.3 is 11.9 Å². The van der Waals surface area contributed by atoms with Gasteiger partial charge in [0.15, 0.2) is 11.9 Å². The third-order valence-corrected chi connectivity index (χ3v) is 12.5. The summed E-state index contributed by atoms with van der Waals surface area (Å²) in [5.74, 6) is -1.94. The van der Waals surface area contributed by atoms with Gasteiger partial charge in [0.2, 0.25) is 0 Å². The predicted octanol–water partition coefficient (Wildman–Crippen LogP) is 2.17. The molecular formula is C30H38O9. The van der Waals surface area contributed by atoms with Gasteiger partial charge in [0.05, 0.1) is 11.5 Å². The van der Waals surface area contributed by atoms with Crippen LogP contribution in [0.2, 0.25) is 0 Å². The summed E-state index contributed by atoms with van der Waals surface area (Å²) in [6, 6.07) is 0. The number of cyclic esters (lactones) is 1. The molecule has 5 fully saturated rings. The molecule has 9 heteroatoms. The fourth-order valence-corrected chi connectivity index (χ4v) is 10.3. The SMILES string of the molecule is CC(=O)O[C@H]1[C@@H]2O[C@]2([C@H](C)[C@H]2CC(C)=C(C)C(=O)O2)[C@@]2(C)CC[C@H]3[C@@H](C[C@H]4O[C@]45[C@@H](O)C=CC(=O)[C@]35C)[C@]12O. The summed E-state index contributed by atoms with van der Waals surface area (Å²) in [6.45, 7) is 10.9. The van der Waals surface area contributed by atoms with E-state index in [0.29, 0.717) is 31.3 Å². The highest BCUT2D eigenvalue weighted by Crippen LogP contribution is 2.79. The van der Waals surface area contributed by atoms with Crippen molar-refractivity contribution in [1.29, 1.82) is 0 Å². The molecule has 39 heavy (non-hydrogen) atoms. The standard InChI is InChI=1S/C30H38O9/c1-13-11-19(37-25(34)14(13)2)15(3)29-24(39-29)23(36-16(4)31)28(35)18-12-22-30(38-22)21(33)8-7-20(32)27(30,6)17(18)9-10-26(28,29)5/h7-8,15,17-19,21-24,33,35H,9-12H2,1-6H3/t15-,17+,18-,19-,21+,22-,23+,24+,26+,27+,28+,29+,30-/m1/s1. The summed E-state index contributed by atoms with van der Waals surface area (Å²) in [4.78, 5) is 38.6. The Hall–Kier alpha value is -2.07. The van der Waals surface area contributed by atoms with Crippen molar-refractivity contribution < 1.29 is 43.5 Å². The summed E-state index contributed by atoms with van der Waals surface area (Å²) in [5, 5.41) is 24.0. The van der Waals surface area contributed by atoms with E-state index in [9.17, 15) is 24.6 Å². The van der Waals surface area contributed by atoms with Crippen LogP contribution in [0.4, 0.5) is 0 Å². The first-order chi connectivity index (χ1) is 18.2. The van der Waals surface area contributed by atoms with Crippen molar-refractivity contribution in [2.24, 2.45) is 28.6 Å². The highest BCUT2D eigenvalue weighted by molar-refractivity contribution is 5.98. The number of rotatable bonds is 3. The van der Waals surface area contributed by atoms with Crippen LogP contribution in [-0.2, 0) is 33.3 Å². The molecule has 3 saturated carbocycles. The van der Waals surface area contributed by atoms with Gasteiger partial charge in [0.25, 0.3) is 0 Å². The summed E-state index contributed by atoms with van der Waals surface area (Å²) in [5.41, 5.74) is -3.64. The van der Waals surface area contributed by atoms with Crippen molar-refractivity contribution in [3.8, 4) is 0 Å². The molecule has 1 spiro atoms. The van der Waals surface area contributed by atoms with Gasteiger partial charge in [-0.15, -0.1) is 0 Å². The number of hydrogen-bond donors (Lipinski definition) is 2. The normalized spacial score (nSPS) is 55.4. The van der Waals surface area contributed by atoms with Crippen LogP contribution in [0.3, 0.4) is 0 Å². The highest BCUT2D eigenvalue weighted by atomic mass is 16.7. The number of aliphatic hydroxyl groups is 2. The Balaban J connectivity index is 1.32. The van der Waals surface area contributed by atoms with E-state index in [4.69, 9.17) is 18.9 Å². The molecule has 3 aliphatic heterocycles. The molecule has 3 heterocycles. The van der Waals surface area contributed by atoms with Gasteiger partial charge < -0.3 is 29.2 Å². The van der Waals surface area contributed by atoms with Gasteiger partial charge in [-0.1, -0.05) is 19.4 Å². The first-order valence-corrected chi connectivity index (χ1v) is 14.2. The second kappa shape index (κ2) is 7.41. The minimum Gasteiger partial charge on any atom is -0.458 e. The molecule has 13 atom stereocenters. The van der Waals surface area contributed by atoms with Crippen LogP contribution in [0.15, 0.2) is 23.3 Å². The number of fused-ring (bicyclic) bond motifs is 6. The Bertz CT molecular complexity index is 1270. The zero-order valence-corrected chi connectivity index (χ0v) is 23.4. The van der Waals surface area contributed by atoms with Crippen molar-refractivity contribution in [2.45, 2.75) is 115 Å². The molecule has 0 amide bonds. The average molecular weight is 543 g/mol. The fraction of sp³-hybridized carbons (Fsp3) is 0.767. The number of epoxide rings is 2. The van der Waals surface area contributed by atoms with Crippen molar-refractivity contribution in [1.82, 2.24) is 0 Å². The van der Waals surface area contributed by atoms with Gasteiger partial charge in [-0.25, -0.2) is 4.79 Å². The van der Waals surface area contributed by atoms with Crippen LogP contribution in [0, 0.1) is 28.6 Å². The van der Waals surface area contributed by atoms with Crippen LogP contribution >= 0.6 is 0 Å². The number of esters is 2. The maximum atomic E-state index is 13.5. The van der Waals surface area contributed by atoms with E-state index in [1.807, 2.05) is 27.7 Å². The van der Waals surface area contributed by atoms with Gasteiger partial charge in [-0.05, 0) is 64.0 Å². The van der Waals surface area contributed by atoms with Crippen LogP contribution in [0.25, 0.3) is 0 Å². The molecule has 7 rings (SSSR count). The number of ketones is 1. The molecule has 0 aromatic carbocycles. The van der Waals surface area contributed by atoms with E-state index in [2.05, 4.69) is 0 Å². The monoisotopic (exact) mass is 542 g/mol. The maximum Gasteiger partial charge on any atom is 0.333 e. The third kappa shape index (κ3) is 2.61. The topological polar surface area (TPSA) is 135 Å². The Kier molecular flexibility index (Phi) is 4.91. The summed E-state index contributed by atoms with van der Waals surface area (Å²) >= 11 is 0. The van der Waals surface area contributed by atoms with Gasteiger partial charge in [-0.3, -0.25) is 9.59 Å². The molecule has 212 valence electrons. The Morgan fingerprint density at radius 1 is 1.18 bits per heavy atom. The zero-order chi connectivity index (χ0) is 28.1. The maximum absolute atomic E-state index is 13.5. The molecular weight excluding hydrogens is 504 g/mol. The Morgan fingerprint density at radius 3 is 2.56 bits per heavy atom. The van der Waals surface area contributed by atoms with E-state index in [-0.39, 0.29) is 23.6 Å². The smallest absolute Gasteiger partial charge is 0.333 e. The molecule has 2 N–H and O–H groups in total. The minimum absolute atomic E-state index is 0.101. The molecule has 0 radical (unpaired) electrons. The zero-order valence-electron chi connectivity index (χ0n) is 23.4. The number of allylic oxidation sites excluding steroid dienone is 1. The van der Waals surface area contributed by atoms with Crippen molar-refractivity contribution in [3.05, 3.63) is 23.3 Å². The summed E-state index contributed by atoms with van der Waals surface area (Å²) in [6.07, 6.45) is 1.88. The van der Waals surface area contributed by atoms with Gasteiger partial charge in [0, 0.05) is 30.3 Å². The molecule has 0 aromatic rings. The molecule has 0 aromatic heterocycles. The number of aliphatic hydroxyl groups excluding tert-OH is 1. The second-order valence-corrected chi connectivity index (χ2v) is 13.6. The first-order valence-electron chi connectivity index (χ1n) is 14.2. The molecule has 9 nitrogen and oxygen atoms in total. The van der Waals surface area contributed by atoms with E-state index in [1.54, 1.807) is 6.92 Å². The average Bonchev–Trinajstić information content (AvgIpc) is 3.78. The van der Waals surface area contributed by atoms with E-state index < -0.39 is 70.0 Å². The number of carbonyl (C=O) groups is 3. The first kappa shape index (κ1) is 25.9. The number of hydrogen-bond acceptors (Lipinski definition) is 9. The highest BCUT2D eigenvalue weighted by Gasteiger charge is 2.92. The number of carbonyl (C=O) groups excluding carboxylic acids is 3. The van der Waals surface area contributed by atoms with E-state index >= 15 is 0 Å². The van der Waals surface area contributed by atoms with Crippen LogP contribution in [0.5, 0.6) is 0 Å². The lowest BCUT2D eigenvalue weighted by Crippen LogP contribution is -2.72. The quantitative estimate of drug-likeness (QED) is 0.406. The predicted molar refractivity (Wildman–Crippen MR) is 135 cm³/mol. The summed E-state index contributed by atoms with van der Waals surface area (Å²) in [7, 11) is 0. The lowest BCUT2D eigenvalue weighted by Gasteiger charge is -2.62. The van der Waals surface area contributed by atoms with Crippen molar-refractivity contribution in [3.63, 3.8) is 0 Å². The van der Waals surface area contributed by atoms with Gasteiger partial charge in [0.1, 0.15) is 35.1 Å². The van der Waals surface area contributed by atoms with E-state index in [0.717, 1.165) is 5.57 Å². The van der Waals surface area contributed by atoms with Crippen LogP contribution in [0.1, 0.15) is 67.2 Å². The van der Waals surface area contributed by atoms with E-state index in [1.165, 1.54) is 19.1 Å². The third-order valence-electron chi connectivity index (χ3n) is 12.5. The molecule has 0 unspecified atom stereocenters. The second-order valence-electron chi connectivity index (χ2n) is 13.6. The molecule has 2 saturated heterocycles. The summed E-state index contributed by atoms with van der Waals surface area (Å²) < 4.78 is 24.5. The molecule has 0 bridgehead atoms. The van der Waals surface area contributed by atoms with Crippen LogP contribution < -0.4 is 0 Å². The molecule has 7 aliphatic rings. The van der Waals surface area contributed by atoms with Gasteiger partial charge in [-0.2, -0.15) is 0 Å². The number of ether oxygens (including phenoxy) is 4. The fourth-order valence-electron chi connectivity index (χ4n) is 10.3. The van der Waals surface area contributed by atoms with Crippen LogP contribution in [-0.4, -0.2) is 75.3 Å². The molecule has 4 aliphatic carbocycles. The van der Waals surface area contributed by atoms with Crippen molar-refractivity contribution in [2.75, 3.05) is 0 Å². The largest absolute Gasteiger partial charge is 0.458 e. The minimum atomic E-state index is -1.51. The Morgan fingerprint density at radius 2 is 1.90 bits per heavy atom. The lowest BCUT2D eigenvalue weighted by atomic mass is 9.42. The van der Waals surface area contributed by atoms with Crippen molar-refractivity contribution >= 4 is 17.7 Å². The Labute approximate surface area is 227 Å².